The van der Waals surface area contributed by atoms with Gasteiger partial charge in [-0.15, -0.1) is 0 Å². The highest BCUT2D eigenvalue weighted by atomic mass is 35.5. The number of aromatic nitrogens is 1. The number of hydrogen-bond donors (Lipinski definition) is 1. The largest absolute Gasteiger partial charge is 0.368 e. The molecule has 1 aliphatic heterocycles. The van der Waals surface area contributed by atoms with Crippen molar-refractivity contribution in [1.29, 1.82) is 0 Å². The third kappa shape index (κ3) is 2.74. The third-order valence-electron chi connectivity index (χ3n) is 4.62. The molecular formula is C20H20ClN3. The number of piperazine rings is 1. The van der Waals surface area contributed by atoms with Crippen molar-refractivity contribution in [1.82, 2.24) is 10.3 Å². The predicted molar refractivity (Wildman–Crippen MR) is 102 cm³/mol. The van der Waals surface area contributed by atoms with Gasteiger partial charge in [-0.2, -0.15) is 0 Å². The Balaban J connectivity index is 1.98. The topological polar surface area (TPSA) is 28.2 Å². The second kappa shape index (κ2) is 6.42. The molecule has 4 rings (SSSR count). The maximum Gasteiger partial charge on any atom is 0.0774 e. The number of fused-ring (bicyclic) bond motifs is 1. The molecule has 0 radical (unpaired) electrons. The Morgan fingerprint density at radius 2 is 1.79 bits per heavy atom. The molecule has 3 aromatic rings. The Bertz CT molecular complexity index is 871. The fraction of sp³-hybridized carbons (Fsp3) is 0.250. The van der Waals surface area contributed by atoms with Crippen LogP contribution in [0.25, 0.3) is 22.2 Å². The second-order valence-electron chi connectivity index (χ2n) is 6.22. The zero-order valence-corrected chi connectivity index (χ0v) is 14.5. The molecule has 0 unspecified atom stereocenters. The summed E-state index contributed by atoms with van der Waals surface area (Å²) in [5.74, 6) is 0. The third-order valence-corrected chi connectivity index (χ3v) is 4.93. The van der Waals surface area contributed by atoms with Crippen molar-refractivity contribution in [3.63, 3.8) is 0 Å². The zero-order valence-electron chi connectivity index (χ0n) is 13.7. The molecule has 1 aromatic heterocycles. The average Bonchev–Trinajstić information content (AvgIpc) is 2.65. The maximum atomic E-state index is 6.57. The van der Waals surface area contributed by atoms with Crippen LogP contribution in [-0.2, 0) is 0 Å². The summed E-state index contributed by atoms with van der Waals surface area (Å²) < 4.78 is 0. The molecule has 0 bridgehead atoms. The van der Waals surface area contributed by atoms with Crippen molar-refractivity contribution in [3.05, 3.63) is 59.1 Å². The highest BCUT2D eigenvalue weighted by molar-refractivity contribution is 6.36. The van der Waals surface area contributed by atoms with Gasteiger partial charge in [0.2, 0.25) is 0 Å². The van der Waals surface area contributed by atoms with E-state index in [9.17, 15) is 0 Å². The molecule has 0 saturated carbocycles. The van der Waals surface area contributed by atoms with E-state index in [4.69, 9.17) is 16.6 Å². The van der Waals surface area contributed by atoms with Crippen LogP contribution in [0.3, 0.4) is 0 Å². The van der Waals surface area contributed by atoms with E-state index in [-0.39, 0.29) is 0 Å². The number of halogens is 1. The molecule has 1 aliphatic rings. The van der Waals surface area contributed by atoms with Crippen LogP contribution < -0.4 is 10.2 Å². The fourth-order valence-corrected chi connectivity index (χ4v) is 3.57. The minimum Gasteiger partial charge on any atom is -0.368 e. The molecule has 122 valence electrons. The van der Waals surface area contributed by atoms with Gasteiger partial charge in [-0.25, -0.2) is 4.98 Å². The number of aryl methyl sites for hydroxylation is 1. The van der Waals surface area contributed by atoms with Gasteiger partial charge in [0.05, 0.1) is 16.2 Å². The van der Waals surface area contributed by atoms with E-state index < -0.39 is 0 Å². The predicted octanol–water partition coefficient (Wildman–Crippen LogP) is 4.27. The lowest BCUT2D eigenvalue weighted by atomic mass is 10.0. The smallest absolute Gasteiger partial charge is 0.0774 e. The Labute approximate surface area is 147 Å². The molecule has 1 N–H and O–H groups in total. The summed E-state index contributed by atoms with van der Waals surface area (Å²) in [7, 11) is 0. The van der Waals surface area contributed by atoms with Crippen molar-refractivity contribution in [2.75, 3.05) is 31.1 Å². The van der Waals surface area contributed by atoms with Crippen molar-refractivity contribution in [2.45, 2.75) is 6.92 Å². The van der Waals surface area contributed by atoms with Crippen LogP contribution in [0.1, 0.15) is 5.56 Å². The van der Waals surface area contributed by atoms with Crippen LogP contribution in [0.15, 0.2) is 48.5 Å². The van der Waals surface area contributed by atoms with E-state index in [0.29, 0.717) is 0 Å². The van der Waals surface area contributed by atoms with Gasteiger partial charge in [-0.1, -0.05) is 48.0 Å². The number of anilines is 1. The van der Waals surface area contributed by atoms with E-state index in [1.165, 1.54) is 5.69 Å². The SMILES string of the molecule is Cc1ccc(Cl)c2c(N3CCNCC3)cc(-c3ccccc3)nc12. The van der Waals surface area contributed by atoms with Gasteiger partial charge in [-0.3, -0.25) is 0 Å². The number of benzene rings is 2. The van der Waals surface area contributed by atoms with E-state index in [1.807, 2.05) is 18.2 Å². The van der Waals surface area contributed by atoms with Crippen molar-refractivity contribution < 1.29 is 0 Å². The maximum absolute atomic E-state index is 6.57. The first-order valence-corrected chi connectivity index (χ1v) is 8.73. The summed E-state index contributed by atoms with van der Waals surface area (Å²) in [5, 5.41) is 5.26. The highest BCUT2D eigenvalue weighted by Crippen LogP contribution is 2.36. The summed E-state index contributed by atoms with van der Waals surface area (Å²) in [6.07, 6.45) is 0. The molecule has 2 heterocycles. The van der Waals surface area contributed by atoms with Gasteiger partial charge in [0.15, 0.2) is 0 Å². The number of pyridine rings is 1. The van der Waals surface area contributed by atoms with Crippen LogP contribution >= 0.6 is 11.6 Å². The number of nitrogens with zero attached hydrogens (tertiary/aromatic N) is 2. The van der Waals surface area contributed by atoms with Gasteiger partial charge in [0, 0.05) is 42.8 Å². The van der Waals surface area contributed by atoms with Gasteiger partial charge in [-0.05, 0) is 24.6 Å². The van der Waals surface area contributed by atoms with E-state index in [2.05, 4.69) is 47.5 Å². The van der Waals surface area contributed by atoms with E-state index >= 15 is 0 Å². The highest BCUT2D eigenvalue weighted by Gasteiger charge is 2.18. The minimum absolute atomic E-state index is 0.774. The first-order chi connectivity index (χ1) is 11.7. The molecule has 2 aromatic carbocycles. The minimum atomic E-state index is 0.774. The molecule has 0 spiro atoms. The quantitative estimate of drug-likeness (QED) is 0.756. The Kier molecular flexibility index (Phi) is 4.13. The van der Waals surface area contributed by atoms with Crippen molar-refractivity contribution in [3.8, 4) is 11.3 Å². The lowest BCUT2D eigenvalue weighted by Gasteiger charge is -2.31. The van der Waals surface area contributed by atoms with Gasteiger partial charge in [0.25, 0.3) is 0 Å². The number of rotatable bonds is 2. The number of hydrogen-bond acceptors (Lipinski definition) is 3. The summed E-state index contributed by atoms with van der Waals surface area (Å²) in [6.45, 7) is 6.05. The van der Waals surface area contributed by atoms with Crippen LogP contribution in [0.4, 0.5) is 5.69 Å². The lowest BCUT2D eigenvalue weighted by molar-refractivity contribution is 0.590. The molecular weight excluding hydrogens is 318 g/mol. The first kappa shape index (κ1) is 15.4. The Morgan fingerprint density at radius 3 is 2.54 bits per heavy atom. The number of nitrogens with one attached hydrogen (secondary N) is 1. The summed E-state index contributed by atoms with van der Waals surface area (Å²) in [6, 6.07) is 16.6. The van der Waals surface area contributed by atoms with Crippen LogP contribution in [0, 0.1) is 6.92 Å². The molecule has 24 heavy (non-hydrogen) atoms. The van der Waals surface area contributed by atoms with Crippen molar-refractivity contribution in [2.24, 2.45) is 0 Å². The van der Waals surface area contributed by atoms with Crippen LogP contribution in [0.2, 0.25) is 5.02 Å². The molecule has 0 amide bonds. The molecule has 1 saturated heterocycles. The summed E-state index contributed by atoms with van der Waals surface area (Å²) >= 11 is 6.57. The van der Waals surface area contributed by atoms with Crippen LogP contribution in [-0.4, -0.2) is 31.2 Å². The normalized spacial score (nSPS) is 15.0. The Morgan fingerprint density at radius 1 is 1.04 bits per heavy atom. The molecule has 0 atom stereocenters. The molecule has 4 heteroatoms. The van der Waals surface area contributed by atoms with E-state index in [1.54, 1.807) is 0 Å². The van der Waals surface area contributed by atoms with Gasteiger partial charge < -0.3 is 10.2 Å². The standard InChI is InChI=1S/C20H20ClN3/c1-14-7-8-16(21)19-18(24-11-9-22-10-12-24)13-17(23-20(14)19)15-5-3-2-4-6-15/h2-8,13,22H,9-12H2,1H3. The summed E-state index contributed by atoms with van der Waals surface area (Å²) in [5.41, 5.74) is 5.48. The molecule has 0 aliphatic carbocycles. The lowest BCUT2D eigenvalue weighted by Crippen LogP contribution is -2.43. The Hall–Kier alpha value is -2.10. The summed E-state index contributed by atoms with van der Waals surface area (Å²) in [4.78, 5) is 7.35. The van der Waals surface area contributed by atoms with Gasteiger partial charge >= 0.3 is 0 Å². The van der Waals surface area contributed by atoms with Crippen LogP contribution in [0.5, 0.6) is 0 Å². The first-order valence-electron chi connectivity index (χ1n) is 8.35. The molecule has 1 fully saturated rings. The van der Waals surface area contributed by atoms with Crippen molar-refractivity contribution >= 4 is 28.2 Å². The fourth-order valence-electron chi connectivity index (χ4n) is 3.32. The monoisotopic (exact) mass is 337 g/mol. The van der Waals surface area contributed by atoms with Gasteiger partial charge in [0.1, 0.15) is 0 Å². The average molecular weight is 338 g/mol. The van der Waals surface area contributed by atoms with E-state index in [0.717, 1.165) is 58.9 Å². The zero-order chi connectivity index (χ0) is 16.5. The second-order valence-corrected chi connectivity index (χ2v) is 6.62. The molecule has 3 nitrogen and oxygen atoms in total.